The minimum Gasteiger partial charge on any atom is -0.475 e. The van der Waals surface area contributed by atoms with Gasteiger partial charge in [0, 0.05) is 43.4 Å². The molecular weight excluding hydrogens is 306 g/mol. The minimum atomic E-state index is -0.0986. The third kappa shape index (κ3) is 3.61. The van der Waals surface area contributed by atoms with Gasteiger partial charge in [-0.1, -0.05) is 0 Å². The molecule has 3 heterocycles. The number of amides is 1. The Morgan fingerprint density at radius 3 is 2.92 bits per heavy atom. The van der Waals surface area contributed by atoms with Crippen LogP contribution in [0, 0.1) is 6.92 Å². The van der Waals surface area contributed by atoms with Gasteiger partial charge in [0.25, 0.3) is 11.8 Å². The van der Waals surface area contributed by atoms with E-state index in [2.05, 4.69) is 25.2 Å². The molecule has 7 nitrogen and oxygen atoms in total. The van der Waals surface area contributed by atoms with Gasteiger partial charge >= 0.3 is 0 Å². The molecule has 0 bridgehead atoms. The Morgan fingerprint density at radius 1 is 1.33 bits per heavy atom. The lowest BCUT2D eigenvalue weighted by Crippen LogP contribution is -2.37. The van der Waals surface area contributed by atoms with Crippen molar-refractivity contribution in [1.82, 2.24) is 20.3 Å². The number of anilines is 1. The van der Waals surface area contributed by atoms with E-state index in [4.69, 9.17) is 4.74 Å². The van der Waals surface area contributed by atoms with Gasteiger partial charge in [-0.05, 0) is 32.4 Å². The van der Waals surface area contributed by atoms with Crippen LogP contribution in [0.1, 0.15) is 29.4 Å². The summed E-state index contributed by atoms with van der Waals surface area (Å²) in [4.78, 5) is 27.2. The number of hydrogen-bond acceptors (Lipinski definition) is 6. The van der Waals surface area contributed by atoms with Crippen molar-refractivity contribution in [2.45, 2.75) is 26.3 Å². The molecule has 1 saturated heterocycles. The van der Waals surface area contributed by atoms with Crippen molar-refractivity contribution in [2.24, 2.45) is 0 Å². The molecule has 0 radical (unpaired) electrons. The standard InChI is InChI=1S/C17H21N5O2/c1-3-24-17-15(18-7-8-19-17)22-9-6-14(11-22)21-16(23)13-5-4-12(2)20-10-13/h4-5,7-8,10,14H,3,6,9,11H2,1-2H3,(H,21,23). The van der Waals surface area contributed by atoms with Gasteiger partial charge in [0.15, 0.2) is 5.82 Å². The number of rotatable bonds is 5. The first-order valence-electron chi connectivity index (χ1n) is 8.09. The van der Waals surface area contributed by atoms with Crippen LogP contribution in [0.5, 0.6) is 5.88 Å². The van der Waals surface area contributed by atoms with Crippen LogP contribution in [0.4, 0.5) is 5.82 Å². The highest BCUT2D eigenvalue weighted by Gasteiger charge is 2.27. The maximum atomic E-state index is 12.3. The molecule has 0 aliphatic carbocycles. The molecule has 1 fully saturated rings. The maximum Gasteiger partial charge on any atom is 0.257 e. The largest absolute Gasteiger partial charge is 0.475 e. The summed E-state index contributed by atoms with van der Waals surface area (Å²) in [5.41, 5.74) is 1.47. The van der Waals surface area contributed by atoms with Crippen LogP contribution in [0.3, 0.4) is 0 Å². The molecule has 0 spiro atoms. The van der Waals surface area contributed by atoms with Gasteiger partial charge in [0.1, 0.15) is 0 Å². The van der Waals surface area contributed by atoms with Gasteiger partial charge in [-0.2, -0.15) is 0 Å². The molecule has 1 aliphatic heterocycles. The zero-order valence-corrected chi connectivity index (χ0v) is 13.9. The molecule has 1 N–H and O–H groups in total. The fourth-order valence-corrected chi connectivity index (χ4v) is 2.71. The molecule has 0 saturated carbocycles. The molecule has 1 unspecified atom stereocenters. The minimum absolute atomic E-state index is 0.0651. The van der Waals surface area contributed by atoms with Gasteiger partial charge in [0.05, 0.1) is 12.2 Å². The second-order valence-corrected chi connectivity index (χ2v) is 5.71. The zero-order chi connectivity index (χ0) is 16.9. The van der Waals surface area contributed by atoms with E-state index in [9.17, 15) is 4.79 Å². The summed E-state index contributed by atoms with van der Waals surface area (Å²) in [5, 5.41) is 3.06. The molecule has 126 valence electrons. The average molecular weight is 327 g/mol. The van der Waals surface area contributed by atoms with E-state index in [0.29, 0.717) is 24.6 Å². The number of pyridine rings is 1. The van der Waals surface area contributed by atoms with Crippen molar-refractivity contribution in [3.63, 3.8) is 0 Å². The molecule has 1 amide bonds. The fourth-order valence-electron chi connectivity index (χ4n) is 2.71. The number of carbonyl (C=O) groups excluding carboxylic acids is 1. The molecule has 2 aromatic rings. The lowest BCUT2D eigenvalue weighted by Gasteiger charge is -2.19. The SMILES string of the molecule is CCOc1nccnc1N1CCC(NC(=O)c2ccc(C)nc2)C1. The number of aryl methyl sites for hydroxylation is 1. The topological polar surface area (TPSA) is 80.2 Å². The van der Waals surface area contributed by atoms with Crippen molar-refractivity contribution in [2.75, 3.05) is 24.6 Å². The van der Waals surface area contributed by atoms with Crippen molar-refractivity contribution in [3.8, 4) is 5.88 Å². The summed E-state index contributed by atoms with van der Waals surface area (Å²) < 4.78 is 5.54. The first kappa shape index (κ1) is 16.2. The Kier molecular flexibility index (Phi) is 4.88. The van der Waals surface area contributed by atoms with Crippen LogP contribution in [0.15, 0.2) is 30.7 Å². The number of carbonyl (C=O) groups is 1. The highest BCUT2D eigenvalue weighted by Crippen LogP contribution is 2.26. The third-order valence-electron chi connectivity index (χ3n) is 3.92. The highest BCUT2D eigenvalue weighted by atomic mass is 16.5. The first-order valence-corrected chi connectivity index (χ1v) is 8.09. The van der Waals surface area contributed by atoms with E-state index in [1.807, 2.05) is 19.9 Å². The normalized spacial score (nSPS) is 16.9. The maximum absolute atomic E-state index is 12.3. The zero-order valence-electron chi connectivity index (χ0n) is 13.9. The van der Waals surface area contributed by atoms with Gasteiger partial charge in [0.2, 0.25) is 0 Å². The molecule has 0 aromatic carbocycles. The van der Waals surface area contributed by atoms with Crippen LogP contribution in [0.25, 0.3) is 0 Å². The van der Waals surface area contributed by atoms with Crippen LogP contribution in [-0.4, -0.2) is 46.6 Å². The third-order valence-corrected chi connectivity index (χ3v) is 3.92. The van der Waals surface area contributed by atoms with Crippen LogP contribution in [0.2, 0.25) is 0 Å². The van der Waals surface area contributed by atoms with Crippen molar-refractivity contribution in [3.05, 3.63) is 42.0 Å². The summed E-state index contributed by atoms with van der Waals surface area (Å²) in [7, 11) is 0. The van der Waals surface area contributed by atoms with Gasteiger partial charge in [-0.3, -0.25) is 9.78 Å². The summed E-state index contributed by atoms with van der Waals surface area (Å²) in [6.45, 7) is 5.84. The van der Waals surface area contributed by atoms with Crippen LogP contribution >= 0.6 is 0 Å². The van der Waals surface area contributed by atoms with Crippen LogP contribution in [-0.2, 0) is 0 Å². The monoisotopic (exact) mass is 327 g/mol. The molecule has 3 rings (SSSR count). The summed E-state index contributed by atoms with van der Waals surface area (Å²) in [5.74, 6) is 1.17. The van der Waals surface area contributed by atoms with Crippen molar-refractivity contribution >= 4 is 11.7 Å². The molecule has 1 aliphatic rings. The van der Waals surface area contributed by atoms with Gasteiger partial charge < -0.3 is 15.0 Å². The average Bonchev–Trinajstić information content (AvgIpc) is 3.04. The Balaban J connectivity index is 1.63. The van der Waals surface area contributed by atoms with Gasteiger partial charge in [-0.15, -0.1) is 0 Å². The summed E-state index contributed by atoms with van der Waals surface area (Å²) in [6, 6.07) is 3.69. The van der Waals surface area contributed by atoms with E-state index in [0.717, 1.165) is 24.5 Å². The number of ether oxygens (including phenoxy) is 1. The van der Waals surface area contributed by atoms with E-state index >= 15 is 0 Å². The highest BCUT2D eigenvalue weighted by molar-refractivity contribution is 5.94. The number of aromatic nitrogens is 3. The summed E-state index contributed by atoms with van der Waals surface area (Å²) in [6.07, 6.45) is 5.73. The Bertz CT molecular complexity index is 704. The van der Waals surface area contributed by atoms with Crippen molar-refractivity contribution in [1.29, 1.82) is 0 Å². The second kappa shape index (κ2) is 7.25. The van der Waals surface area contributed by atoms with E-state index in [-0.39, 0.29) is 11.9 Å². The second-order valence-electron chi connectivity index (χ2n) is 5.71. The lowest BCUT2D eigenvalue weighted by molar-refractivity contribution is 0.0940. The Morgan fingerprint density at radius 2 is 2.17 bits per heavy atom. The summed E-state index contributed by atoms with van der Waals surface area (Å²) >= 11 is 0. The van der Waals surface area contributed by atoms with E-state index < -0.39 is 0 Å². The predicted molar refractivity (Wildman–Crippen MR) is 90.3 cm³/mol. The molecule has 2 aromatic heterocycles. The fraction of sp³-hybridized carbons (Fsp3) is 0.412. The quantitative estimate of drug-likeness (QED) is 0.898. The number of nitrogens with one attached hydrogen (secondary N) is 1. The molecule has 7 heteroatoms. The van der Waals surface area contributed by atoms with Crippen LogP contribution < -0.4 is 15.0 Å². The molecular formula is C17H21N5O2. The number of hydrogen-bond donors (Lipinski definition) is 1. The predicted octanol–water partition coefficient (Wildman–Crippen LogP) is 1.59. The Labute approximate surface area is 141 Å². The van der Waals surface area contributed by atoms with E-state index in [1.165, 1.54) is 0 Å². The van der Waals surface area contributed by atoms with E-state index in [1.54, 1.807) is 24.7 Å². The number of nitrogens with zero attached hydrogens (tertiary/aromatic N) is 4. The smallest absolute Gasteiger partial charge is 0.257 e. The Hall–Kier alpha value is -2.70. The first-order chi connectivity index (χ1) is 11.7. The lowest BCUT2D eigenvalue weighted by atomic mass is 10.2. The van der Waals surface area contributed by atoms with Crippen molar-refractivity contribution < 1.29 is 9.53 Å². The molecule has 24 heavy (non-hydrogen) atoms. The van der Waals surface area contributed by atoms with Gasteiger partial charge in [-0.25, -0.2) is 9.97 Å². The molecule has 1 atom stereocenters.